The van der Waals surface area contributed by atoms with Gasteiger partial charge in [0.15, 0.2) is 0 Å². The standard InChI is InChI=1S/C15H9N5/c16-5-12-7-18-15-13(12)4-10(6-17-15)9-1-2-14-11(3-9)8-19-20-14/h1-4,6-8H,(H,17,18)(H,19,20). The van der Waals surface area contributed by atoms with Crippen LogP contribution in [0.1, 0.15) is 5.56 Å². The minimum Gasteiger partial charge on any atom is -0.345 e. The number of nitrogens with zero attached hydrogens (tertiary/aromatic N) is 3. The first-order chi connectivity index (χ1) is 9.85. The van der Waals surface area contributed by atoms with Crippen molar-refractivity contribution in [2.45, 2.75) is 0 Å². The summed E-state index contributed by atoms with van der Waals surface area (Å²) in [6.45, 7) is 0. The van der Waals surface area contributed by atoms with Crippen LogP contribution in [0.2, 0.25) is 0 Å². The molecule has 0 atom stereocenters. The van der Waals surface area contributed by atoms with Crippen molar-refractivity contribution in [1.82, 2.24) is 20.2 Å². The van der Waals surface area contributed by atoms with Crippen LogP contribution in [-0.4, -0.2) is 20.2 Å². The van der Waals surface area contributed by atoms with Crippen molar-refractivity contribution >= 4 is 21.9 Å². The van der Waals surface area contributed by atoms with Gasteiger partial charge >= 0.3 is 0 Å². The molecule has 0 saturated heterocycles. The molecule has 0 amide bonds. The molecule has 5 nitrogen and oxygen atoms in total. The number of nitriles is 1. The topological polar surface area (TPSA) is 81.1 Å². The van der Waals surface area contributed by atoms with Gasteiger partial charge in [-0.2, -0.15) is 10.4 Å². The molecule has 0 radical (unpaired) electrons. The zero-order valence-electron chi connectivity index (χ0n) is 10.4. The van der Waals surface area contributed by atoms with Gasteiger partial charge in [0, 0.05) is 28.7 Å². The fourth-order valence-corrected chi connectivity index (χ4v) is 2.38. The van der Waals surface area contributed by atoms with Gasteiger partial charge in [-0.05, 0) is 23.8 Å². The van der Waals surface area contributed by atoms with E-state index in [2.05, 4.69) is 32.3 Å². The maximum Gasteiger partial charge on any atom is 0.138 e. The Morgan fingerprint density at radius 2 is 2.05 bits per heavy atom. The third kappa shape index (κ3) is 1.49. The fraction of sp³-hybridized carbons (Fsp3) is 0. The summed E-state index contributed by atoms with van der Waals surface area (Å²) in [5, 5.41) is 17.9. The highest BCUT2D eigenvalue weighted by atomic mass is 15.1. The summed E-state index contributed by atoms with van der Waals surface area (Å²) in [5.41, 5.74) is 4.38. The Morgan fingerprint density at radius 1 is 1.10 bits per heavy atom. The first kappa shape index (κ1) is 10.8. The van der Waals surface area contributed by atoms with Crippen LogP contribution in [-0.2, 0) is 0 Å². The van der Waals surface area contributed by atoms with Gasteiger partial charge in [0.2, 0.25) is 0 Å². The molecule has 0 fully saturated rings. The van der Waals surface area contributed by atoms with E-state index in [9.17, 15) is 0 Å². The van der Waals surface area contributed by atoms with Crippen molar-refractivity contribution in [1.29, 1.82) is 5.26 Å². The predicted molar refractivity (Wildman–Crippen MR) is 75.9 cm³/mol. The molecule has 0 aliphatic rings. The number of rotatable bonds is 1. The minimum atomic E-state index is 0.610. The summed E-state index contributed by atoms with van der Waals surface area (Å²) in [4.78, 5) is 7.36. The first-order valence-corrected chi connectivity index (χ1v) is 6.16. The SMILES string of the molecule is N#Cc1c[nH]c2ncc(-c3ccc4[nH]ncc4c3)cc12. The van der Waals surface area contributed by atoms with E-state index in [0.717, 1.165) is 33.1 Å². The number of fused-ring (bicyclic) bond motifs is 2. The second kappa shape index (κ2) is 3.93. The lowest BCUT2D eigenvalue weighted by Gasteiger charge is -2.02. The van der Waals surface area contributed by atoms with Gasteiger partial charge in [-0.25, -0.2) is 4.98 Å². The van der Waals surface area contributed by atoms with Crippen molar-refractivity contribution in [2.24, 2.45) is 0 Å². The second-order valence-electron chi connectivity index (χ2n) is 4.61. The third-order valence-electron chi connectivity index (χ3n) is 3.43. The molecule has 0 saturated carbocycles. The highest BCUT2D eigenvalue weighted by Gasteiger charge is 2.07. The lowest BCUT2D eigenvalue weighted by molar-refractivity contribution is 1.12. The minimum absolute atomic E-state index is 0.610. The van der Waals surface area contributed by atoms with Crippen molar-refractivity contribution in [3.05, 3.63) is 48.4 Å². The Bertz CT molecular complexity index is 971. The van der Waals surface area contributed by atoms with Crippen LogP contribution in [0.15, 0.2) is 42.9 Å². The van der Waals surface area contributed by atoms with Crippen LogP contribution < -0.4 is 0 Å². The van der Waals surface area contributed by atoms with E-state index in [-0.39, 0.29) is 0 Å². The van der Waals surface area contributed by atoms with Gasteiger partial charge in [-0.1, -0.05) is 6.07 Å². The number of hydrogen-bond acceptors (Lipinski definition) is 3. The Labute approximate surface area is 113 Å². The molecule has 2 N–H and O–H groups in total. The molecule has 4 aromatic rings. The molecule has 0 aliphatic carbocycles. The van der Waals surface area contributed by atoms with Gasteiger partial charge in [-0.3, -0.25) is 5.10 Å². The molecular formula is C15H9N5. The Morgan fingerprint density at radius 3 is 2.95 bits per heavy atom. The fourth-order valence-electron chi connectivity index (χ4n) is 2.38. The Balaban J connectivity index is 1.94. The summed E-state index contributed by atoms with van der Waals surface area (Å²) in [7, 11) is 0. The van der Waals surface area contributed by atoms with E-state index in [4.69, 9.17) is 5.26 Å². The average molecular weight is 259 g/mol. The largest absolute Gasteiger partial charge is 0.345 e. The second-order valence-corrected chi connectivity index (χ2v) is 4.61. The van der Waals surface area contributed by atoms with Crippen molar-refractivity contribution in [3.63, 3.8) is 0 Å². The van der Waals surface area contributed by atoms with E-state index in [1.807, 2.05) is 18.2 Å². The molecule has 0 spiro atoms. The zero-order chi connectivity index (χ0) is 13.5. The van der Waals surface area contributed by atoms with Gasteiger partial charge in [-0.15, -0.1) is 0 Å². The molecule has 0 bridgehead atoms. The van der Waals surface area contributed by atoms with Gasteiger partial charge in [0.1, 0.15) is 11.7 Å². The number of nitrogens with one attached hydrogen (secondary N) is 2. The van der Waals surface area contributed by atoms with Crippen LogP contribution in [0.5, 0.6) is 0 Å². The maximum absolute atomic E-state index is 9.09. The van der Waals surface area contributed by atoms with Gasteiger partial charge in [0.25, 0.3) is 0 Å². The average Bonchev–Trinajstić information content (AvgIpc) is 3.12. The highest BCUT2D eigenvalue weighted by Crippen LogP contribution is 2.26. The molecule has 1 aromatic carbocycles. The van der Waals surface area contributed by atoms with Gasteiger partial charge < -0.3 is 4.98 Å². The molecule has 4 rings (SSSR count). The normalized spacial score (nSPS) is 10.9. The lowest BCUT2D eigenvalue weighted by Crippen LogP contribution is -1.82. The number of aromatic amines is 2. The summed E-state index contributed by atoms with van der Waals surface area (Å²) < 4.78 is 0. The molecule has 3 heterocycles. The molecule has 0 unspecified atom stereocenters. The Hall–Kier alpha value is -3.13. The highest BCUT2D eigenvalue weighted by molar-refractivity contribution is 5.89. The summed E-state index contributed by atoms with van der Waals surface area (Å²) >= 11 is 0. The van der Waals surface area contributed by atoms with E-state index < -0.39 is 0 Å². The number of H-pyrrole nitrogens is 2. The number of pyridine rings is 1. The van der Waals surface area contributed by atoms with Crippen LogP contribution >= 0.6 is 0 Å². The first-order valence-electron chi connectivity index (χ1n) is 6.16. The Kier molecular flexibility index (Phi) is 2.12. The van der Waals surface area contributed by atoms with Crippen molar-refractivity contribution < 1.29 is 0 Å². The van der Waals surface area contributed by atoms with Gasteiger partial charge in [0.05, 0.1) is 17.3 Å². The molecule has 5 heteroatoms. The summed E-state index contributed by atoms with van der Waals surface area (Å²) in [5.74, 6) is 0. The molecular weight excluding hydrogens is 250 g/mol. The lowest BCUT2D eigenvalue weighted by atomic mass is 10.0. The zero-order valence-corrected chi connectivity index (χ0v) is 10.4. The maximum atomic E-state index is 9.09. The molecule has 0 aliphatic heterocycles. The quantitative estimate of drug-likeness (QED) is 0.551. The summed E-state index contributed by atoms with van der Waals surface area (Å²) in [6, 6.07) is 10.2. The van der Waals surface area contributed by atoms with Crippen LogP contribution in [0.4, 0.5) is 0 Å². The molecule has 3 aromatic heterocycles. The van der Waals surface area contributed by atoms with Crippen LogP contribution in [0.25, 0.3) is 33.1 Å². The van der Waals surface area contributed by atoms with E-state index >= 15 is 0 Å². The number of aromatic nitrogens is 4. The smallest absolute Gasteiger partial charge is 0.138 e. The third-order valence-corrected chi connectivity index (χ3v) is 3.43. The van der Waals surface area contributed by atoms with Crippen molar-refractivity contribution in [2.75, 3.05) is 0 Å². The van der Waals surface area contributed by atoms with Crippen LogP contribution in [0, 0.1) is 11.3 Å². The van der Waals surface area contributed by atoms with E-state index in [1.165, 1.54) is 0 Å². The molecule has 94 valence electrons. The summed E-state index contributed by atoms with van der Waals surface area (Å²) in [6.07, 6.45) is 5.28. The van der Waals surface area contributed by atoms with Crippen LogP contribution in [0.3, 0.4) is 0 Å². The number of benzene rings is 1. The van der Waals surface area contributed by atoms with Crippen molar-refractivity contribution in [3.8, 4) is 17.2 Å². The predicted octanol–water partition coefficient (Wildman–Crippen LogP) is 2.98. The number of hydrogen-bond donors (Lipinski definition) is 2. The molecule has 20 heavy (non-hydrogen) atoms. The van der Waals surface area contributed by atoms with E-state index in [1.54, 1.807) is 18.6 Å². The monoisotopic (exact) mass is 259 g/mol. The van der Waals surface area contributed by atoms with E-state index in [0.29, 0.717) is 5.56 Å².